The van der Waals surface area contributed by atoms with Crippen molar-refractivity contribution in [2.45, 2.75) is 33.5 Å². The SMILES string of the molecule is CCC(C)(C)C(O)OCCO[PH](O)(O)O. The van der Waals surface area contributed by atoms with Crippen molar-refractivity contribution >= 4 is 8.17 Å². The maximum atomic E-state index is 9.55. The van der Waals surface area contributed by atoms with E-state index in [1.807, 2.05) is 20.8 Å². The van der Waals surface area contributed by atoms with E-state index in [1.54, 1.807) is 0 Å². The van der Waals surface area contributed by atoms with Crippen LogP contribution >= 0.6 is 8.17 Å². The molecule has 6 nitrogen and oxygen atoms in total. The van der Waals surface area contributed by atoms with Gasteiger partial charge in [0.2, 0.25) is 0 Å². The van der Waals surface area contributed by atoms with Crippen LogP contribution < -0.4 is 0 Å². The Labute approximate surface area is 90.1 Å². The molecule has 1 atom stereocenters. The van der Waals surface area contributed by atoms with Crippen LogP contribution in [0, 0.1) is 5.41 Å². The van der Waals surface area contributed by atoms with Gasteiger partial charge in [0.1, 0.15) is 0 Å². The summed E-state index contributed by atoms with van der Waals surface area (Å²) in [5.41, 5.74) is -0.369. The van der Waals surface area contributed by atoms with Crippen LogP contribution in [0.25, 0.3) is 0 Å². The Bertz CT molecular complexity index is 178. The Kier molecular flexibility index (Phi) is 6.13. The molecule has 0 aliphatic rings. The van der Waals surface area contributed by atoms with Gasteiger partial charge in [0.25, 0.3) is 0 Å². The minimum absolute atomic E-state index is 0.0129. The van der Waals surface area contributed by atoms with Gasteiger partial charge >= 0.3 is 89.3 Å². The molecule has 0 saturated heterocycles. The Balaban J connectivity index is 3.69. The molecule has 1 unspecified atom stereocenters. The van der Waals surface area contributed by atoms with E-state index in [0.717, 1.165) is 6.42 Å². The molecule has 0 rings (SSSR count). The fraction of sp³-hybridized carbons (Fsp3) is 1.00. The van der Waals surface area contributed by atoms with Crippen LogP contribution in [-0.4, -0.2) is 39.3 Å². The van der Waals surface area contributed by atoms with E-state index in [9.17, 15) is 5.11 Å². The summed E-state index contributed by atoms with van der Waals surface area (Å²) < 4.78 is 9.31. The molecule has 0 radical (unpaired) electrons. The molecular formula is C8H21O6P. The first kappa shape index (κ1) is 15.2. The second-order valence-electron chi connectivity index (χ2n) is 3.99. The third-order valence-electron chi connectivity index (χ3n) is 2.23. The molecule has 0 saturated carbocycles. The molecule has 0 bridgehead atoms. The fourth-order valence-corrected chi connectivity index (χ4v) is 1.10. The molecule has 0 spiro atoms. The van der Waals surface area contributed by atoms with Gasteiger partial charge in [0.05, 0.1) is 0 Å². The number of aliphatic hydroxyl groups excluding tert-OH is 1. The summed E-state index contributed by atoms with van der Waals surface area (Å²) in [4.78, 5) is 25.5. The van der Waals surface area contributed by atoms with Crippen LogP contribution in [0.5, 0.6) is 0 Å². The van der Waals surface area contributed by atoms with Crippen molar-refractivity contribution in [1.82, 2.24) is 0 Å². The van der Waals surface area contributed by atoms with E-state index >= 15 is 0 Å². The van der Waals surface area contributed by atoms with Crippen molar-refractivity contribution in [2.24, 2.45) is 5.41 Å². The number of aliphatic hydroxyl groups is 1. The second-order valence-corrected chi connectivity index (χ2v) is 5.42. The second kappa shape index (κ2) is 6.06. The van der Waals surface area contributed by atoms with E-state index in [4.69, 9.17) is 19.4 Å². The van der Waals surface area contributed by atoms with Gasteiger partial charge in [-0.15, -0.1) is 0 Å². The monoisotopic (exact) mass is 244 g/mol. The zero-order valence-electron chi connectivity index (χ0n) is 9.30. The van der Waals surface area contributed by atoms with Gasteiger partial charge < -0.3 is 0 Å². The quantitative estimate of drug-likeness (QED) is 0.289. The predicted molar refractivity (Wildman–Crippen MR) is 57.0 cm³/mol. The third-order valence-corrected chi connectivity index (χ3v) is 2.83. The molecule has 0 fully saturated rings. The molecule has 0 aliphatic heterocycles. The van der Waals surface area contributed by atoms with Crippen LogP contribution in [0.15, 0.2) is 0 Å². The van der Waals surface area contributed by atoms with Crippen LogP contribution in [0.3, 0.4) is 0 Å². The van der Waals surface area contributed by atoms with Crippen molar-refractivity contribution in [3.05, 3.63) is 0 Å². The van der Waals surface area contributed by atoms with E-state index in [0.29, 0.717) is 0 Å². The first-order valence-electron chi connectivity index (χ1n) is 4.80. The van der Waals surface area contributed by atoms with E-state index < -0.39 is 14.5 Å². The first-order valence-corrected chi connectivity index (χ1v) is 6.55. The van der Waals surface area contributed by atoms with Crippen molar-refractivity contribution in [3.63, 3.8) is 0 Å². The topological polar surface area (TPSA) is 99.4 Å². The molecule has 15 heavy (non-hydrogen) atoms. The molecule has 0 aromatic heterocycles. The summed E-state index contributed by atoms with van der Waals surface area (Å²) in [5.74, 6) is 0. The normalized spacial score (nSPS) is 16.5. The summed E-state index contributed by atoms with van der Waals surface area (Å²) in [5, 5.41) is 9.55. The minimum atomic E-state index is -4.45. The third kappa shape index (κ3) is 7.14. The Hall–Kier alpha value is 0.190. The predicted octanol–water partition coefficient (Wildman–Crippen LogP) is 0.161. The van der Waals surface area contributed by atoms with E-state index in [1.165, 1.54) is 0 Å². The average Bonchev–Trinajstić information content (AvgIpc) is 2.10. The number of hydrogen-bond acceptors (Lipinski definition) is 6. The number of ether oxygens (including phenoxy) is 1. The molecule has 0 heterocycles. The van der Waals surface area contributed by atoms with Gasteiger partial charge in [0, 0.05) is 0 Å². The van der Waals surface area contributed by atoms with Gasteiger partial charge in [-0.3, -0.25) is 0 Å². The number of rotatable bonds is 7. The molecule has 4 N–H and O–H groups in total. The summed E-state index contributed by atoms with van der Waals surface area (Å²) in [6, 6.07) is 0. The maximum absolute atomic E-state index is 9.55. The summed E-state index contributed by atoms with van der Waals surface area (Å²) in [6.07, 6.45) is -0.202. The molecule has 94 valence electrons. The van der Waals surface area contributed by atoms with E-state index in [-0.39, 0.29) is 18.6 Å². The van der Waals surface area contributed by atoms with Gasteiger partial charge in [-0.25, -0.2) is 0 Å². The van der Waals surface area contributed by atoms with E-state index in [2.05, 4.69) is 4.52 Å². The molecule has 0 amide bonds. The van der Waals surface area contributed by atoms with Crippen molar-refractivity contribution in [2.75, 3.05) is 13.2 Å². The standard InChI is InChI=1S/C8H21O6P/c1-4-8(2,3)7(9)13-5-6-14-15(10,11)12/h7,9-12,15H,4-6H2,1-3H3. The number of hydrogen-bond donors (Lipinski definition) is 4. The van der Waals surface area contributed by atoms with Gasteiger partial charge in [-0.1, -0.05) is 0 Å². The van der Waals surface area contributed by atoms with Gasteiger partial charge in [-0.05, 0) is 0 Å². The summed E-state index contributed by atoms with van der Waals surface area (Å²) >= 11 is 0. The van der Waals surface area contributed by atoms with Crippen molar-refractivity contribution in [3.8, 4) is 0 Å². The molecule has 7 heteroatoms. The molecule has 0 aliphatic carbocycles. The molecule has 0 aromatic rings. The average molecular weight is 244 g/mol. The van der Waals surface area contributed by atoms with Gasteiger partial charge in [0.15, 0.2) is 0 Å². The zero-order chi connectivity index (χ0) is 12.1. The summed E-state index contributed by atoms with van der Waals surface area (Å²) in [6.45, 7) is 5.44. The van der Waals surface area contributed by atoms with Crippen LogP contribution in [0.4, 0.5) is 0 Å². The van der Waals surface area contributed by atoms with Crippen LogP contribution in [0.2, 0.25) is 0 Å². The molecular weight excluding hydrogens is 223 g/mol. The molecule has 0 aromatic carbocycles. The fourth-order valence-electron chi connectivity index (χ4n) is 0.739. The van der Waals surface area contributed by atoms with Gasteiger partial charge in [-0.2, -0.15) is 0 Å². The van der Waals surface area contributed by atoms with Crippen LogP contribution in [-0.2, 0) is 9.26 Å². The zero-order valence-corrected chi connectivity index (χ0v) is 10.3. The van der Waals surface area contributed by atoms with Crippen molar-refractivity contribution in [1.29, 1.82) is 0 Å². The summed E-state index contributed by atoms with van der Waals surface area (Å²) in [7, 11) is -4.45. The van der Waals surface area contributed by atoms with Crippen LogP contribution in [0.1, 0.15) is 27.2 Å². The first-order chi connectivity index (χ1) is 6.69. The van der Waals surface area contributed by atoms with Crippen molar-refractivity contribution < 1.29 is 29.0 Å². The Morgan fingerprint density at radius 2 is 1.73 bits per heavy atom. The Morgan fingerprint density at radius 3 is 2.13 bits per heavy atom. The Morgan fingerprint density at radius 1 is 1.20 bits per heavy atom.